The topological polar surface area (TPSA) is 155 Å². The molecule has 0 spiro atoms. The number of aliphatic hydroxyl groups excluding tert-OH is 1. The molecule has 0 aromatic carbocycles. The first kappa shape index (κ1) is 62.4. The minimum Gasteiger partial charge on any atom is -0.462 e. The van der Waals surface area contributed by atoms with E-state index in [1.807, 2.05) is 12.2 Å². The number of allylic oxidation sites excluding steroid dienone is 16. The molecule has 0 saturated carbocycles. The Hall–Kier alpha value is -3.60. The number of aliphatic hydroxyl groups is 1. The Morgan fingerprint density at radius 2 is 0.818 bits per heavy atom. The van der Waals surface area contributed by atoms with Gasteiger partial charge in [0, 0.05) is 19.3 Å². The zero-order valence-electron chi connectivity index (χ0n) is 41.1. The van der Waals surface area contributed by atoms with E-state index in [-0.39, 0.29) is 25.9 Å². The third-order valence-corrected chi connectivity index (χ3v) is 10.9. The molecule has 0 aromatic rings. The van der Waals surface area contributed by atoms with Crippen LogP contribution in [0.1, 0.15) is 188 Å². The average Bonchev–Trinajstić information content (AvgIpc) is 3.30. The van der Waals surface area contributed by atoms with Crippen LogP contribution in [-0.2, 0) is 42.2 Å². The molecule has 0 aliphatic carbocycles. The van der Waals surface area contributed by atoms with Gasteiger partial charge < -0.3 is 24.2 Å². The van der Waals surface area contributed by atoms with Gasteiger partial charge in [-0.2, -0.15) is 0 Å². The molecule has 0 fully saturated rings. The third-order valence-electron chi connectivity index (χ3n) is 9.99. The highest BCUT2D eigenvalue weighted by Gasteiger charge is 2.28. The molecule has 0 amide bonds. The molecular formula is C54H89O11P. The first-order valence-corrected chi connectivity index (χ1v) is 26.6. The van der Waals surface area contributed by atoms with E-state index in [0.29, 0.717) is 19.3 Å². The van der Waals surface area contributed by atoms with Gasteiger partial charge in [-0.05, 0) is 96.3 Å². The molecule has 0 heterocycles. The summed E-state index contributed by atoms with van der Waals surface area (Å²) in [5, 5.41) is 9.75. The Morgan fingerprint density at radius 3 is 1.32 bits per heavy atom. The van der Waals surface area contributed by atoms with Crippen LogP contribution < -0.4 is 0 Å². The molecule has 376 valence electrons. The fraction of sp³-hybridized carbons (Fsp3) is 0.648. The van der Waals surface area contributed by atoms with Crippen molar-refractivity contribution in [1.82, 2.24) is 0 Å². The maximum absolute atomic E-state index is 12.8. The van der Waals surface area contributed by atoms with Gasteiger partial charge in [0.1, 0.15) is 12.7 Å². The largest absolute Gasteiger partial charge is 0.472 e. The lowest BCUT2D eigenvalue weighted by molar-refractivity contribution is -0.161. The van der Waals surface area contributed by atoms with E-state index in [2.05, 4.69) is 106 Å². The first-order valence-electron chi connectivity index (χ1n) is 25.1. The van der Waals surface area contributed by atoms with Gasteiger partial charge >= 0.3 is 25.7 Å². The van der Waals surface area contributed by atoms with Gasteiger partial charge in [-0.15, -0.1) is 0 Å². The Kier molecular flexibility index (Phi) is 45.3. The maximum atomic E-state index is 12.8. The molecule has 0 radical (unpaired) electrons. The van der Waals surface area contributed by atoms with Gasteiger partial charge in [0.05, 0.1) is 19.8 Å². The molecule has 0 rings (SSSR count). The molecule has 3 atom stereocenters. The summed E-state index contributed by atoms with van der Waals surface area (Å²) in [6, 6.07) is 0. The second-order valence-electron chi connectivity index (χ2n) is 16.2. The Morgan fingerprint density at radius 1 is 0.439 bits per heavy atom. The van der Waals surface area contributed by atoms with Crippen molar-refractivity contribution < 1.29 is 52.2 Å². The quantitative estimate of drug-likeness (QED) is 0.0197. The minimum absolute atomic E-state index is 0.0378. The van der Waals surface area contributed by atoms with Crippen LogP contribution >= 0.6 is 7.82 Å². The number of rotatable bonds is 45. The lowest BCUT2D eigenvalue weighted by Gasteiger charge is -2.21. The third kappa shape index (κ3) is 45.6. The number of carbonyl (C=O) groups is 3. The van der Waals surface area contributed by atoms with Gasteiger partial charge in [-0.25, -0.2) is 4.57 Å². The van der Waals surface area contributed by atoms with Crippen LogP contribution in [0.5, 0.6) is 0 Å². The molecule has 0 saturated heterocycles. The van der Waals surface area contributed by atoms with E-state index >= 15 is 0 Å². The maximum Gasteiger partial charge on any atom is 0.472 e. The number of ether oxygens (including phenoxy) is 3. The fourth-order valence-corrected chi connectivity index (χ4v) is 6.97. The highest BCUT2D eigenvalue weighted by atomic mass is 31.2. The molecular weight excluding hydrogens is 856 g/mol. The summed E-state index contributed by atoms with van der Waals surface area (Å²) in [6.07, 6.45) is 54.0. The van der Waals surface area contributed by atoms with Crippen molar-refractivity contribution in [2.45, 2.75) is 200 Å². The predicted octanol–water partition coefficient (Wildman–Crippen LogP) is 14.1. The van der Waals surface area contributed by atoms with E-state index in [1.54, 1.807) is 0 Å². The van der Waals surface area contributed by atoms with Crippen molar-refractivity contribution in [2.24, 2.45) is 0 Å². The van der Waals surface area contributed by atoms with E-state index < -0.39 is 57.8 Å². The second-order valence-corrected chi connectivity index (χ2v) is 17.7. The number of carbonyl (C=O) groups excluding carboxylic acids is 3. The van der Waals surface area contributed by atoms with Crippen LogP contribution in [0, 0.1) is 0 Å². The summed E-state index contributed by atoms with van der Waals surface area (Å²) in [5.74, 6) is -1.61. The average molecular weight is 945 g/mol. The van der Waals surface area contributed by atoms with Gasteiger partial charge in [0.2, 0.25) is 0 Å². The van der Waals surface area contributed by atoms with Crippen LogP contribution in [0.3, 0.4) is 0 Å². The molecule has 0 aliphatic heterocycles. The summed E-state index contributed by atoms with van der Waals surface area (Å²) in [7, 11) is -4.77. The molecule has 0 aliphatic rings. The minimum atomic E-state index is -4.77. The summed E-state index contributed by atoms with van der Waals surface area (Å²) in [4.78, 5) is 48.2. The zero-order valence-corrected chi connectivity index (χ0v) is 42.0. The fourth-order valence-electron chi connectivity index (χ4n) is 6.19. The molecule has 0 bridgehead atoms. The normalized spacial score (nSPS) is 14.3. The Balaban J connectivity index is 4.88. The van der Waals surface area contributed by atoms with E-state index in [0.717, 1.165) is 116 Å². The summed E-state index contributed by atoms with van der Waals surface area (Å²) in [6.45, 7) is 4.22. The van der Waals surface area contributed by atoms with Crippen LogP contribution in [-0.4, -0.2) is 66.5 Å². The van der Waals surface area contributed by atoms with Crippen LogP contribution in [0.2, 0.25) is 0 Å². The highest BCUT2D eigenvalue weighted by molar-refractivity contribution is 7.47. The number of phosphoric ester groups is 1. The van der Waals surface area contributed by atoms with Gasteiger partial charge in [-0.3, -0.25) is 23.4 Å². The smallest absolute Gasteiger partial charge is 0.462 e. The summed E-state index contributed by atoms with van der Waals surface area (Å²) >= 11 is 0. The monoisotopic (exact) mass is 945 g/mol. The number of unbranched alkanes of at least 4 members (excludes halogenated alkanes) is 12. The van der Waals surface area contributed by atoms with Crippen LogP contribution in [0.15, 0.2) is 97.2 Å². The molecule has 66 heavy (non-hydrogen) atoms. The zero-order chi connectivity index (χ0) is 48.4. The van der Waals surface area contributed by atoms with Crippen molar-refractivity contribution in [2.75, 3.05) is 26.4 Å². The predicted molar refractivity (Wildman–Crippen MR) is 270 cm³/mol. The van der Waals surface area contributed by atoms with Crippen molar-refractivity contribution >= 4 is 25.7 Å². The van der Waals surface area contributed by atoms with Crippen molar-refractivity contribution in [3.8, 4) is 0 Å². The second kappa shape index (κ2) is 47.9. The lowest BCUT2D eigenvalue weighted by Crippen LogP contribution is -2.30. The lowest BCUT2D eigenvalue weighted by atomic mass is 10.1. The first-order chi connectivity index (χ1) is 32.2. The van der Waals surface area contributed by atoms with E-state index in [9.17, 15) is 28.9 Å². The standard InChI is InChI=1S/C54H89O11P/c1-4-7-10-13-16-19-22-24-25-27-29-31-34-37-40-43-52(56)61-47-51(65-54(58)45-42-39-36-33-30-26-23-20-17-14-11-8-5-2)49-63-66(59,60)62-48-50(46-55)64-53(57)44-41-38-35-32-28-21-18-15-12-9-6-3/h7-8,10-11,15-20,24-26,30,36,39,50-51,55H,4-6,9,12-14,21-23,27-29,31-35,37-38,40-49H2,1-3H3,(H,59,60)/b10-7-,11-8-,18-15-,19-16-,20-17-,25-24-,30-26-,39-36-. The van der Waals surface area contributed by atoms with Gasteiger partial charge in [0.15, 0.2) is 6.10 Å². The number of hydrogen-bond acceptors (Lipinski definition) is 10. The molecule has 11 nitrogen and oxygen atoms in total. The van der Waals surface area contributed by atoms with Crippen molar-refractivity contribution in [3.63, 3.8) is 0 Å². The number of hydrogen-bond donors (Lipinski definition) is 2. The van der Waals surface area contributed by atoms with E-state index in [1.165, 1.54) is 12.8 Å². The summed E-state index contributed by atoms with van der Waals surface area (Å²) < 4.78 is 39.2. The number of phosphoric acid groups is 1. The van der Waals surface area contributed by atoms with Gasteiger partial charge in [0.25, 0.3) is 0 Å². The molecule has 0 aromatic heterocycles. The van der Waals surface area contributed by atoms with Crippen LogP contribution in [0.4, 0.5) is 0 Å². The van der Waals surface area contributed by atoms with Crippen molar-refractivity contribution in [3.05, 3.63) is 97.2 Å². The molecule has 3 unspecified atom stereocenters. The number of esters is 3. The Bertz CT molecular complexity index is 1480. The molecule has 2 N–H and O–H groups in total. The van der Waals surface area contributed by atoms with Gasteiger partial charge in [-0.1, -0.05) is 169 Å². The van der Waals surface area contributed by atoms with Crippen LogP contribution in [0.25, 0.3) is 0 Å². The molecule has 12 heteroatoms. The SMILES string of the molecule is CC/C=C\C/C=C\C/C=C\C/C=C\CCC(=O)OC(COC(=O)CCCCCCC/C=C\C/C=C\C/C=C\CC)COP(=O)(O)OCC(CO)OC(=O)CCCCCCC/C=C\CCCC. The Labute approximate surface area is 400 Å². The highest BCUT2D eigenvalue weighted by Crippen LogP contribution is 2.43. The summed E-state index contributed by atoms with van der Waals surface area (Å²) in [5.41, 5.74) is 0. The van der Waals surface area contributed by atoms with E-state index in [4.69, 9.17) is 23.3 Å². The van der Waals surface area contributed by atoms with Crippen molar-refractivity contribution in [1.29, 1.82) is 0 Å².